The second kappa shape index (κ2) is 6.59. The van der Waals surface area contributed by atoms with Crippen molar-refractivity contribution < 1.29 is 0 Å². The van der Waals surface area contributed by atoms with Gasteiger partial charge in [0.1, 0.15) is 0 Å². The number of halogens is 1. The van der Waals surface area contributed by atoms with Crippen LogP contribution >= 0.6 is 15.9 Å². The van der Waals surface area contributed by atoms with Crippen molar-refractivity contribution in [3.05, 3.63) is 34.3 Å². The van der Waals surface area contributed by atoms with E-state index in [1.165, 1.54) is 48.7 Å². The van der Waals surface area contributed by atoms with Crippen molar-refractivity contribution in [3.8, 4) is 0 Å². The first-order valence-electron chi connectivity index (χ1n) is 7.99. The molecule has 0 aromatic heterocycles. The van der Waals surface area contributed by atoms with Crippen LogP contribution in [0, 0.1) is 0 Å². The molecule has 20 heavy (non-hydrogen) atoms. The van der Waals surface area contributed by atoms with E-state index in [0.29, 0.717) is 0 Å². The van der Waals surface area contributed by atoms with E-state index < -0.39 is 0 Å². The van der Waals surface area contributed by atoms with Crippen LogP contribution in [0.3, 0.4) is 0 Å². The quantitative estimate of drug-likeness (QED) is 0.875. The summed E-state index contributed by atoms with van der Waals surface area (Å²) < 4.78 is 1.19. The van der Waals surface area contributed by atoms with Gasteiger partial charge < -0.3 is 5.32 Å². The second-order valence-electron chi connectivity index (χ2n) is 6.36. The standard InChI is InChI=1S/C17H25BrN2/c1-2-8-20(12-13-4-3-5-14(18)9-13)17-10-15-6-7-16(11-17)19-15/h3-5,9,15-17,19H,2,6-8,10-12H2,1H3. The number of hydrogen-bond donors (Lipinski definition) is 1. The maximum Gasteiger partial charge on any atom is 0.0237 e. The monoisotopic (exact) mass is 336 g/mol. The first-order valence-corrected chi connectivity index (χ1v) is 8.78. The molecule has 1 aromatic rings. The number of rotatable bonds is 5. The molecule has 2 nitrogen and oxygen atoms in total. The fourth-order valence-corrected chi connectivity index (χ4v) is 4.32. The van der Waals surface area contributed by atoms with Crippen LogP contribution < -0.4 is 5.32 Å². The highest BCUT2D eigenvalue weighted by atomic mass is 79.9. The first kappa shape index (κ1) is 14.6. The molecule has 2 atom stereocenters. The zero-order valence-corrected chi connectivity index (χ0v) is 13.9. The molecule has 0 aliphatic carbocycles. The molecule has 0 amide bonds. The molecule has 110 valence electrons. The zero-order chi connectivity index (χ0) is 13.9. The van der Waals surface area contributed by atoms with E-state index in [1.807, 2.05) is 0 Å². The summed E-state index contributed by atoms with van der Waals surface area (Å²) in [4.78, 5) is 2.72. The molecule has 3 heteroatoms. The maximum absolute atomic E-state index is 3.76. The van der Waals surface area contributed by atoms with Gasteiger partial charge in [-0.2, -0.15) is 0 Å². The molecule has 3 rings (SSSR count). The van der Waals surface area contributed by atoms with Gasteiger partial charge in [-0.3, -0.25) is 4.90 Å². The van der Waals surface area contributed by atoms with E-state index in [-0.39, 0.29) is 0 Å². The molecule has 2 aliphatic heterocycles. The third-order valence-corrected chi connectivity index (χ3v) is 5.24. The average molecular weight is 337 g/mol. The number of benzene rings is 1. The van der Waals surface area contributed by atoms with Gasteiger partial charge in [0.25, 0.3) is 0 Å². The number of nitrogens with one attached hydrogen (secondary N) is 1. The number of piperidine rings is 1. The summed E-state index contributed by atoms with van der Waals surface area (Å²) in [6.07, 6.45) is 6.69. The molecule has 2 unspecified atom stereocenters. The Morgan fingerprint density at radius 3 is 2.65 bits per heavy atom. The Morgan fingerprint density at radius 2 is 2.00 bits per heavy atom. The van der Waals surface area contributed by atoms with Crippen molar-refractivity contribution in [3.63, 3.8) is 0 Å². The fraction of sp³-hybridized carbons (Fsp3) is 0.647. The molecule has 2 aliphatic rings. The van der Waals surface area contributed by atoms with E-state index in [1.54, 1.807) is 0 Å². The van der Waals surface area contributed by atoms with Crippen LogP contribution in [0.4, 0.5) is 0 Å². The van der Waals surface area contributed by atoms with Crippen LogP contribution in [0.15, 0.2) is 28.7 Å². The van der Waals surface area contributed by atoms with E-state index in [9.17, 15) is 0 Å². The molecular weight excluding hydrogens is 312 g/mol. The maximum atomic E-state index is 3.76. The minimum absolute atomic E-state index is 0.771. The molecule has 2 saturated heterocycles. The van der Waals surface area contributed by atoms with Crippen LogP contribution in [0.2, 0.25) is 0 Å². The minimum Gasteiger partial charge on any atom is -0.311 e. The molecule has 1 N–H and O–H groups in total. The smallest absolute Gasteiger partial charge is 0.0237 e. The van der Waals surface area contributed by atoms with Gasteiger partial charge in [0, 0.05) is 29.1 Å². The van der Waals surface area contributed by atoms with Crippen LogP contribution in [0.5, 0.6) is 0 Å². The molecule has 0 saturated carbocycles. The van der Waals surface area contributed by atoms with E-state index in [0.717, 1.165) is 24.7 Å². The Balaban J connectivity index is 1.69. The molecular formula is C17H25BrN2. The number of hydrogen-bond acceptors (Lipinski definition) is 2. The van der Waals surface area contributed by atoms with Gasteiger partial charge in [0.15, 0.2) is 0 Å². The summed E-state index contributed by atoms with van der Waals surface area (Å²) in [5.41, 5.74) is 1.43. The van der Waals surface area contributed by atoms with E-state index >= 15 is 0 Å². The predicted molar refractivity (Wildman–Crippen MR) is 87.8 cm³/mol. The van der Waals surface area contributed by atoms with Crippen LogP contribution in [0.1, 0.15) is 44.6 Å². The van der Waals surface area contributed by atoms with Crippen molar-refractivity contribution >= 4 is 15.9 Å². The Morgan fingerprint density at radius 1 is 1.25 bits per heavy atom. The highest BCUT2D eigenvalue weighted by Crippen LogP contribution is 2.30. The average Bonchev–Trinajstić information content (AvgIpc) is 2.77. The summed E-state index contributed by atoms with van der Waals surface area (Å²) in [5, 5.41) is 3.76. The lowest BCUT2D eigenvalue weighted by Crippen LogP contribution is -2.48. The van der Waals surface area contributed by atoms with E-state index in [2.05, 4.69) is 57.3 Å². The lowest BCUT2D eigenvalue weighted by atomic mass is 9.97. The van der Waals surface area contributed by atoms with Gasteiger partial charge in [-0.05, 0) is 56.3 Å². The molecule has 1 aromatic carbocycles. The predicted octanol–water partition coefficient (Wildman–Crippen LogP) is 3.94. The van der Waals surface area contributed by atoms with Crippen molar-refractivity contribution in [1.82, 2.24) is 10.2 Å². The second-order valence-corrected chi connectivity index (χ2v) is 7.28. The highest BCUT2D eigenvalue weighted by Gasteiger charge is 2.35. The van der Waals surface area contributed by atoms with Gasteiger partial charge in [-0.25, -0.2) is 0 Å². The van der Waals surface area contributed by atoms with Crippen molar-refractivity contribution in [2.45, 2.75) is 63.7 Å². The Bertz CT molecular complexity index is 436. The topological polar surface area (TPSA) is 15.3 Å². The minimum atomic E-state index is 0.771. The molecule has 2 bridgehead atoms. The largest absolute Gasteiger partial charge is 0.311 e. The summed E-state index contributed by atoms with van der Waals surface area (Å²) in [6.45, 7) is 4.61. The van der Waals surface area contributed by atoms with Crippen molar-refractivity contribution in [2.75, 3.05) is 6.54 Å². The van der Waals surface area contributed by atoms with Gasteiger partial charge in [0.05, 0.1) is 0 Å². The van der Waals surface area contributed by atoms with Gasteiger partial charge in [-0.1, -0.05) is 35.0 Å². The SMILES string of the molecule is CCCN(Cc1cccc(Br)c1)C1CC2CCC(C1)N2. The van der Waals surface area contributed by atoms with Crippen molar-refractivity contribution in [1.29, 1.82) is 0 Å². The Hall–Kier alpha value is -0.380. The van der Waals surface area contributed by atoms with Crippen LogP contribution in [0.25, 0.3) is 0 Å². The third-order valence-electron chi connectivity index (χ3n) is 4.75. The van der Waals surface area contributed by atoms with Gasteiger partial charge in [0.2, 0.25) is 0 Å². The lowest BCUT2D eigenvalue weighted by molar-refractivity contribution is 0.134. The third kappa shape index (κ3) is 3.44. The van der Waals surface area contributed by atoms with Crippen LogP contribution in [-0.4, -0.2) is 29.6 Å². The first-order chi connectivity index (χ1) is 9.74. The molecule has 2 fully saturated rings. The molecule has 2 heterocycles. The molecule has 0 radical (unpaired) electrons. The van der Waals surface area contributed by atoms with E-state index in [4.69, 9.17) is 0 Å². The van der Waals surface area contributed by atoms with Gasteiger partial charge >= 0.3 is 0 Å². The summed E-state index contributed by atoms with van der Waals surface area (Å²) in [6, 6.07) is 11.1. The lowest BCUT2D eigenvalue weighted by Gasteiger charge is -2.38. The zero-order valence-electron chi connectivity index (χ0n) is 12.3. The Labute approximate surface area is 131 Å². The normalized spacial score (nSPS) is 29.1. The van der Waals surface area contributed by atoms with Gasteiger partial charge in [-0.15, -0.1) is 0 Å². The highest BCUT2D eigenvalue weighted by molar-refractivity contribution is 9.10. The summed E-state index contributed by atoms with van der Waals surface area (Å²) in [5.74, 6) is 0. The van der Waals surface area contributed by atoms with Crippen LogP contribution in [-0.2, 0) is 6.54 Å². The fourth-order valence-electron chi connectivity index (χ4n) is 3.87. The molecule has 0 spiro atoms. The Kier molecular flexibility index (Phi) is 4.79. The summed E-state index contributed by atoms with van der Waals surface area (Å²) >= 11 is 3.59. The summed E-state index contributed by atoms with van der Waals surface area (Å²) in [7, 11) is 0. The van der Waals surface area contributed by atoms with Crippen molar-refractivity contribution in [2.24, 2.45) is 0 Å². The number of nitrogens with zero attached hydrogens (tertiary/aromatic N) is 1. The number of fused-ring (bicyclic) bond motifs is 2.